The van der Waals surface area contributed by atoms with E-state index in [4.69, 9.17) is 4.74 Å². The Hall–Kier alpha value is -2.13. The van der Waals surface area contributed by atoms with Crippen LogP contribution in [0, 0.1) is 11.3 Å². The van der Waals surface area contributed by atoms with Gasteiger partial charge in [0, 0.05) is 21.1 Å². The Morgan fingerprint density at radius 3 is 2.81 bits per heavy atom. The number of nitrogens with zero attached hydrogens (tertiary/aromatic N) is 2. The predicted molar refractivity (Wildman–Crippen MR) is 143 cm³/mol. The average molecular weight is 574 g/mol. The van der Waals surface area contributed by atoms with E-state index in [2.05, 4.69) is 43.4 Å². The number of fused-ring (bicyclic) bond motifs is 1. The first-order valence-electron chi connectivity index (χ1n) is 13.0. The molecule has 192 valence electrons. The van der Waals surface area contributed by atoms with Crippen LogP contribution in [0.3, 0.4) is 0 Å². The van der Waals surface area contributed by atoms with Crippen molar-refractivity contribution in [3.63, 3.8) is 0 Å². The molecule has 7 rings (SSSR count). The van der Waals surface area contributed by atoms with E-state index in [0.717, 1.165) is 60.1 Å². The zero-order chi connectivity index (χ0) is 24.9. The Morgan fingerprint density at radius 2 is 2.06 bits per heavy atom. The van der Waals surface area contributed by atoms with Gasteiger partial charge in [0.2, 0.25) is 11.8 Å². The summed E-state index contributed by atoms with van der Waals surface area (Å²) < 4.78 is 6.60. The van der Waals surface area contributed by atoms with E-state index in [1.54, 1.807) is 6.20 Å². The van der Waals surface area contributed by atoms with E-state index in [1.165, 1.54) is 24.2 Å². The molecule has 3 heterocycles. The first kappa shape index (κ1) is 24.2. The second kappa shape index (κ2) is 9.31. The molecule has 0 unspecified atom stereocenters. The Morgan fingerprint density at radius 1 is 1.28 bits per heavy atom. The van der Waals surface area contributed by atoms with Gasteiger partial charge < -0.3 is 20.3 Å². The van der Waals surface area contributed by atoms with E-state index in [1.807, 2.05) is 18.2 Å². The molecule has 5 aliphatic rings. The van der Waals surface area contributed by atoms with E-state index in [0.29, 0.717) is 35.2 Å². The first-order valence-corrected chi connectivity index (χ1v) is 14.7. The Bertz CT molecular complexity index is 1160. The molecule has 2 aromatic heterocycles. The smallest absolute Gasteiger partial charge is 0.262 e. The molecule has 2 bridgehead atoms. The van der Waals surface area contributed by atoms with E-state index in [9.17, 15) is 9.59 Å². The molecule has 2 aromatic rings. The van der Waals surface area contributed by atoms with Crippen molar-refractivity contribution in [2.24, 2.45) is 11.3 Å². The molecule has 0 aromatic carbocycles. The van der Waals surface area contributed by atoms with Gasteiger partial charge in [0.15, 0.2) is 0 Å². The van der Waals surface area contributed by atoms with Crippen molar-refractivity contribution in [3.8, 4) is 5.88 Å². The third-order valence-electron chi connectivity index (χ3n) is 8.32. The standard InChI is InChI=1S/C27H33BrN4O3S/c1-26-14-27(15-26,16-26)31-23(33)20(10-17-4-2-3-5-17)30-24(34)22-7-6-19(36-22)13-32-8-9-35-25-21(32)11-18(28)12-29-25/h6-7,11-12,17,20H,2-5,8-10,13-16H2,1H3,(H,30,34)(H,31,33)/t20-,26?,27?/m0/s1. The quantitative estimate of drug-likeness (QED) is 0.463. The topological polar surface area (TPSA) is 83.6 Å². The lowest BCUT2D eigenvalue weighted by atomic mass is 9.40. The summed E-state index contributed by atoms with van der Waals surface area (Å²) in [5.74, 6) is 0.995. The Kier molecular flexibility index (Phi) is 6.27. The van der Waals surface area contributed by atoms with Crippen LogP contribution in [0.15, 0.2) is 28.9 Å². The minimum absolute atomic E-state index is 0.00298. The highest BCUT2D eigenvalue weighted by Gasteiger charge is 2.65. The van der Waals surface area contributed by atoms with Crippen LogP contribution in [0.5, 0.6) is 5.88 Å². The van der Waals surface area contributed by atoms with Gasteiger partial charge in [-0.2, -0.15) is 0 Å². The molecule has 36 heavy (non-hydrogen) atoms. The number of carbonyl (C=O) groups excluding carboxylic acids is 2. The number of rotatable bonds is 8. The second-order valence-corrected chi connectivity index (χ2v) is 13.6. The molecule has 4 fully saturated rings. The van der Waals surface area contributed by atoms with Crippen LogP contribution in [-0.4, -0.2) is 41.5 Å². The highest BCUT2D eigenvalue weighted by Crippen LogP contribution is 2.66. The lowest BCUT2D eigenvalue weighted by Gasteiger charge is -2.69. The van der Waals surface area contributed by atoms with Crippen LogP contribution in [0.1, 0.15) is 72.8 Å². The fourth-order valence-electron chi connectivity index (χ4n) is 6.88. The minimum atomic E-state index is -0.470. The van der Waals surface area contributed by atoms with Crippen molar-refractivity contribution in [3.05, 3.63) is 38.6 Å². The van der Waals surface area contributed by atoms with Crippen molar-refractivity contribution < 1.29 is 14.3 Å². The van der Waals surface area contributed by atoms with Crippen molar-refractivity contribution in [2.75, 3.05) is 18.1 Å². The third kappa shape index (κ3) is 4.76. The second-order valence-electron chi connectivity index (χ2n) is 11.5. The summed E-state index contributed by atoms with van der Waals surface area (Å²) in [4.78, 5) is 34.9. The number of ether oxygens (including phenoxy) is 1. The number of hydrogen-bond acceptors (Lipinski definition) is 6. The zero-order valence-corrected chi connectivity index (χ0v) is 23.1. The summed E-state index contributed by atoms with van der Waals surface area (Å²) in [5.41, 5.74) is 1.36. The first-order chi connectivity index (χ1) is 17.3. The molecule has 1 atom stereocenters. The van der Waals surface area contributed by atoms with Gasteiger partial charge in [0.05, 0.1) is 18.0 Å². The maximum atomic E-state index is 13.3. The van der Waals surface area contributed by atoms with Gasteiger partial charge in [0.1, 0.15) is 18.3 Å². The summed E-state index contributed by atoms with van der Waals surface area (Å²) in [5, 5.41) is 6.42. The minimum Gasteiger partial charge on any atom is -0.474 e. The number of halogens is 1. The van der Waals surface area contributed by atoms with Crippen LogP contribution in [0.25, 0.3) is 0 Å². The van der Waals surface area contributed by atoms with Crippen LogP contribution in [-0.2, 0) is 11.3 Å². The fraction of sp³-hybridized carbons (Fsp3) is 0.593. The van der Waals surface area contributed by atoms with Gasteiger partial charge in [-0.25, -0.2) is 4.98 Å². The fourth-order valence-corrected chi connectivity index (χ4v) is 8.13. The van der Waals surface area contributed by atoms with Crippen molar-refractivity contribution in [1.82, 2.24) is 15.6 Å². The monoisotopic (exact) mass is 572 g/mol. The van der Waals surface area contributed by atoms with Gasteiger partial charge in [-0.1, -0.05) is 32.6 Å². The number of anilines is 1. The maximum Gasteiger partial charge on any atom is 0.262 e. The number of thiophene rings is 1. The number of carbonyl (C=O) groups is 2. The Labute approximate surface area is 224 Å². The molecule has 2 amide bonds. The lowest BCUT2D eigenvalue weighted by molar-refractivity contribution is -0.158. The molecular formula is C27H33BrN4O3S. The summed E-state index contributed by atoms with van der Waals surface area (Å²) >= 11 is 4.98. The lowest BCUT2D eigenvalue weighted by Crippen LogP contribution is -2.74. The zero-order valence-electron chi connectivity index (χ0n) is 20.6. The summed E-state index contributed by atoms with van der Waals surface area (Å²) in [6.07, 6.45) is 10.4. The summed E-state index contributed by atoms with van der Waals surface area (Å²) in [6.45, 7) is 4.31. The largest absolute Gasteiger partial charge is 0.474 e. The summed E-state index contributed by atoms with van der Waals surface area (Å²) in [7, 11) is 0. The molecule has 4 aliphatic carbocycles. The third-order valence-corrected chi connectivity index (χ3v) is 9.82. The molecule has 0 radical (unpaired) electrons. The number of hydrogen-bond donors (Lipinski definition) is 2. The van der Waals surface area contributed by atoms with Crippen molar-refractivity contribution >= 4 is 44.8 Å². The Balaban J connectivity index is 1.12. The molecule has 0 saturated heterocycles. The molecule has 7 nitrogen and oxygen atoms in total. The highest BCUT2D eigenvalue weighted by molar-refractivity contribution is 9.10. The SMILES string of the molecule is CC12CC(NC(=O)[C@H](CC3CCCC3)NC(=O)c3ccc(CN4CCOc5ncc(Br)cc54)s3)(C1)C2. The number of pyridine rings is 1. The van der Waals surface area contributed by atoms with Gasteiger partial charge >= 0.3 is 0 Å². The van der Waals surface area contributed by atoms with Crippen LogP contribution >= 0.6 is 27.3 Å². The number of aromatic nitrogens is 1. The van der Waals surface area contributed by atoms with Crippen molar-refractivity contribution in [1.29, 1.82) is 0 Å². The van der Waals surface area contributed by atoms with Gasteiger partial charge in [0.25, 0.3) is 5.91 Å². The predicted octanol–water partition coefficient (Wildman–Crippen LogP) is 5.04. The van der Waals surface area contributed by atoms with Gasteiger partial charge in [-0.15, -0.1) is 11.3 Å². The van der Waals surface area contributed by atoms with Crippen molar-refractivity contribution in [2.45, 2.75) is 76.4 Å². The van der Waals surface area contributed by atoms with Crippen LogP contribution in [0.4, 0.5) is 5.69 Å². The van der Waals surface area contributed by atoms with E-state index >= 15 is 0 Å². The highest BCUT2D eigenvalue weighted by atomic mass is 79.9. The summed E-state index contributed by atoms with van der Waals surface area (Å²) in [6, 6.07) is 5.43. The van der Waals surface area contributed by atoms with Crippen LogP contribution < -0.4 is 20.3 Å². The molecule has 0 spiro atoms. The normalized spacial score (nSPS) is 27.3. The maximum absolute atomic E-state index is 13.3. The number of nitrogens with one attached hydrogen (secondary N) is 2. The average Bonchev–Trinajstić information content (AvgIpc) is 3.49. The molecular weight excluding hydrogens is 540 g/mol. The molecule has 2 N–H and O–H groups in total. The molecule has 9 heteroatoms. The van der Waals surface area contributed by atoms with E-state index in [-0.39, 0.29) is 17.4 Å². The van der Waals surface area contributed by atoms with Gasteiger partial charge in [-0.05, 0) is 71.1 Å². The molecule has 4 saturated carbocycles. The van der Waals surface area contributed by atoms with Crippen LogP contribution in [0.2, 0.25) is 0 Å². The van der Waals surface area contributed by atoms with Gasteiger partial charge in [-0.3, -0.25) is 9.59 Å². The number of amides is 2. The molecule has 1 aliphatic heterocycles. The van der Waals surface area contributed by atoms with E-state index < -0.39 is 6.04 Å².